The van der Waals surface area contributed by atoms with Crippen molar-refractivity contribution < 1.29 is 4.79 Å². The Morgan fingerprint density at radius 3 is 2.93 bits per heavy atom. The average molecular weight is 335 g/mol. The van der Waals surface area contributed by atoms with E-state index in [0.717, 1.165) is 13.3 Å². The van der Waals surface area contributed by atoms with Crippen LogP contribution in [0.5, 0.6) is 0 Å². The first-order valence-corrected chi connectivity index (χ1v) is 6.74. The summed E-state index contributed by atoms with van der Waals surface area (Å²) in [4.78, 5) is 16.7. The lowest BCUT2D eigenvalue weighted by molar-refractivity contribution is 0.0994. The summed E-state index contributed by atoms with van der Waals surface area (Å²) in [5.41, 5.74) is 2.56. The maximum absolute atomic E-state index is 11.7. The van der Waals surface area contributed by atoms with Crippen molar-refractivity contribution in [1.29, 1.82) is 0 Å². The van der Waals surface area contributed by atoms with Crippen molar-refractivity contribution in [2.24, 2.45) is 0 Å². The predicted octanol–water partition coefficient (Wildman–Crippen LogP) is 3.23. The Bertz CT molecular complexity index is 435. The predicted molar refractivity (Wildman–Crippen MR) is 67.2 cm³/mol. The second-order valence-electron chi connectivity index (χ2n) is 2.71. The molecular formula is C9H6INOS2. The fourth-order valence-corrected chi connectivity index (χ4v) is 2.99. The van der Waals surface area contributed by atoms with Gasteiger partial charge < -0.3 is 0 Å². The fourth-order valence-electron chi connectivity index (χ4n) is 1.05. The second-order valence-corrected chi connectivity index (χ2v) is 6.48. The van der Waals surface area contributed by atoms with Gasteiger partial charge in [-0.05, 0) is 28.7 Å². The molecule has 0 amide bonds. The Balaban J connectivity index is 2.10. The summed E-state index contributed by atoms with van der Waals surface area (Å²) < 4.78 is 1.15. The van der Waals surface area contributed by atoms with E-state index in [0.29, 0.717) is 6.42 Å². The van der Waals surface area contributed by atoms with E-state index in [1.54, 1.807) is 23.0 Å². The van der Waals surface area contributed by atoms with Gasteiger partial charge in [0.05, 0.1) is 8.39 Å². The Morgan fingerprint density at radius 2 is 2.36 bits per heavy atom. The van der Waals surface area contributed by atoms with Gasteiger partial charge in [0.2, 0.25) is 0 Å². The maximum atomic E-state index is 11.7. The molecule has 0 fully saturated rings. The molecule has 2 aromatic rings. The van der Waals surface area contributed by atoms with E-state index in [9.17, 15) is 4.79 Å². The second kappa shape index (κ2) is 4.50. The third kappa shape index (κ3) is 2.40. The van der Waals surface area contributed by atoms with Crippen LogP contribution in [0.15, 0.2) is 23.2 Å². The van der Waals surface area contributed by atoms with Crippen molar-refractivity contribution in [3.05, 3.63) is 36.5 Å². The number of aromatic nitrogens is 1. The average Bonchev–Trinajstić information content (AvgIpc) is 2.75. The van der Waals surface area contributed by atoms with Gasteiger partial charge in [0.25, 0.3) is 0 Å². The standard InChI is InChI=1S/C9H6INOS2/c10-9-1-6(4-13-9)8(12)2-7-3-11-5-14-7/h1,3-5H,2H2. The number of thiazole rings is 1. The number of hydrogen-bond donors (Lipinski definition) is 0. The largest absolute Gasteiger partial charge is 0.294 e. The van der Waals surface area contributed by atoms with E-state index in [4.69, 9.17) is 0 Å². The number of halogens is 1. The minimum absolute atomic E-state index is 0.174. The molecule has 0 atom stereocenters. The van der Waals surface area contributed by atoms with Crippen molar-refractivity contribution in [3.8, 4) is 0 Å². The lowest BCUT2D eigenvalue weighted by atomic mass is 10.1. The van der Waals surface area contributed by atoms with Gasteiger partial charge in [-0.15, -0.1) is 22.7 Å². The molecule has 2 heterocycles. The van der Waals surface area contributed by atoms with Crippen LogP contribution in [0.1, 0.15) is 15.2 Å². The first kappa shape index (κ1) is 10.3. The van der Waals surface area contributed by atoms with Crippen LogP contribution in [0, 0.1) is 2.88 Å². The van der Waals surface area contributed by atoms with Gasteiger partial charge >= 0.3 is 0 Å². The van der Waals surface area contributed by atoms with Crippen molar-refractivity contribution in [3.63, 3.8) is 0 Å². The summed E-state index contributed by atoms with van der Waals surface area (Å²) in [5, 5.41) is 1.91. The third-order valence-corrected chi connectivity index (χ3v) is 4.28. The summed E-state index contributed by atoms with van der Waals surface area (Å²) in [5.74, 6) is 0.174. The van der Waals surface area contributed by atoms with Gasteiger partial charge in [-0.1, -0.05) is 0 Å². The minimum atomic E-state index is 0.174. The molecule has 0 unspecified atom stereocenters. The maximum Gasteiger partial charge on any atom is 0.168 e. The molecule has 72 valence electrons. The van der Waals surface area contributed by atoms with Crippen LogP contribution in [0.25, 0.3) is 0 Å². The topological polar surface area (TPSA) is 30.0 Å². The number of carbonyl (C=O) groups excluding carboxylic acids is 1. The SMILES string of the molecule is O=C(Cc1cncs1)c1csc(I)c1. The molecule has 0 saturated heterocycles. The van der Waals surface area contributed by atoms with Crippen LogP contribution >= 0.6 is 45.3 Å². The van der Waals surface area contributed by atoms with Crippen LogP contribution in [0.4, 0.5) is 0 Å². The number of ketones is 1. The van der Waals surface area contributed by atoms with E-state index in [1.807, 2.05) is 11.4 Å². The molecule has 2 aromatic heterocycles. The van der Waals surface area contributed by atoms with Gasteiger partial charge in [0, 0.05) is 28.4 Å². The Kier molecular flexibility index (Phi) is 3.30. The highest BCUT2D eigenvalue weighted by molar-refractivity contribution is 14.1. The molecule has 0 aromatic carbocycles. The molecule has 5 heteroatoms. The first-order chi connectivity index (χ1) is 6.75. The van der Waals surface area contributed by atoms with E-state index >= 15 is 0 Å². The molecule has 2 rings (SSSR count). The Labute approximate surface area is 103 Å². The van der Waals surface area contributed by atoms with Gasteiger partial charge in [0.15, 0.2) is 5.78 Å². The first-order valence-electron chi connectivity index (χ1n) is 3.90. The number of thiophene rings is 1. The quantitative estimate of drug-likeness (QED) is 0.637. The van der Waals surface area contributed by atoms with Crippen molar-refractivity contribution >= 4 is 51.0 Å². The van der Waals surface area contributed by atoms with Crippen molar-refractivity contribution in [2.75, 3.05) is 0 Å². The third-order valence-electron chi connectivity index (χ3n) is 1.71. The zero-order valence-electron chi connectivity index (χ0n) is 7.07. The normalized spacial score (nSPS) is 10.4. The smallest absolute Gasteiger partial charge is 0.168 e. The Morgan fingerprint density at radius 1 is 1.50 bits per heavy atom. The van der Waals surface area contributed by atoms with Crippen molar-refractivity contribution in [2.45, 2.75) is 6.42 Å². The molecule has 0 saturated carbocycles. The lowest BCUT2D eigenvalue weighted by Gasteiger charge is -1.93. The van der Waals surface area contributed by atoms with Crippen LogP contribution in [-0.2, 0) is 6.42 Å². The van der Waals surface area contributed by atoms with E-state index in [1.165, 1.54) is 11.3 Å². The van der Waals surface area contributed by atoms with E-state index < -0.39 is 0 Å². The number of hydrogen-bond acceptors (Lipinski definition) is 4. The van der Waals surface area contributed by atoms with Crippen LogP contribution < -0.4 is 0 Å². The van der Waals surface area contributed by atoms with E-state index in [2.05, 4.69) is 27.6 Å². The fraction of sp³-hybridized carbons (Fsp3) is 0.111. The number of nitrogens with zero attached hydrogens (tertiary/aromatic N) is 1. The number of Topliss-reactive ketones (excluding diaryl/α,β-unsaturated/α-hetero) is 1. The minimum Gasteiger partial charge on any atom is -0.294 e. The highest BCUT2D eigenvalue weighted by Crippen LogP contribution is 2.19. The summed E-state index contributed by atoms with van der Waals surface area (Å²) in [7, 11) is 0. The number of rotatable bonds is 3. The van der Waals surface area contributed by atoms with Gasteiger partial charge in [-0.3, -0.25) is 9.78 Å². The van der Waals surface area contributed by atoms with Crippen LogP contribution in [-0.4, -0.2) is 10.8 Å². The summed E-state index contributed by atoms with van der Waals surface area (Å²) in [6, 6.07) is 1.93. The molecule has 0 radical (unpaired) electrons. The zero-order chi connectivity index (χ0) is 9.97. The molecule has 0 aliphatic carbocycles. The Hall–Kier alpha value is -0.270. The van der Waals surface area contributed by atoms with Gasteiger partial charge in [-0.25, -0.2) is 0 Å². The van der Waals surface area contributed by atoms with Crippen LogP contribution in [0.2, 0.25) is 0 Å². The molecule has 2 nitrogen and oxygen atoms in total. The number of carbonyl (C=O) groups is 1. The van der Waals surface area contributed by atoms with Gasteiger partial charge in [-0.2, -0.15) is 0 Å². The highest BCUT2D eigenvalue weighted by atomic mass is 127. The molecule has 14 heavy (non-hydrogen) atoms. The monoisotopic (exact) mass is 335 g/mol. The molecule has 0 bridgehead atoms. The molecule has 0 aliphatic heterocycles. The summed E-state index contributed by atoms with van der Waals surface area (Å²) in [6.45, 7) is 0. The zero-order valence-corrected chi connectivity index (χ0v) is 10.9. The molecule has 0 aliphatic rings. The highest BCUT2D eigenvalue weighted by Gasteiger charge is 2.09. The van der Waals surface area contributed by atoms with E-state index in [-0.39, 0.29) is 5.78 Å². The summed E-state index contributed by atoms with van der Waals surface area (Å²) >= 11 is 5.34. The molecular weight excluding hydrogens is 329 g/mol. The molecule has 0 spiro atoms. The van der Waals surface area contributed by atoms with Crippen molar-refractivity contribution in [1.82, 2.24) is 4.98 Å². The summed E-state index contributed by atoms with van der Waals surface area (Å²) in [6.07, 6.45) is 2.22. The lowest BCUT2D eigenvalue weighted by Crippen LogP contribution is -2.00. The van der Waals surface area contributed by atoms with Crippen LogP contribution in [0.3, 0.4) is 0 Å². The van der Waals surface area contributed by atoms with Gasteiger partial charge in [0.1, 0.15) is 0 Å². The molecule has 0 N–H and O–H groups in total.